The van der Waals surface area contributed by atoms with Gasteiger partial charge in [0, 0.05) is 18.8 Å². The van der Waals surface area contributed by atoms with Crippen LogP contribution in [0.15, 0.2) is 72.8 Å². The summed E-state index contributed by atoms with van der Waals surface area (Å²) in [7, 11) is 0. The van der Waals surface area contributed by atoms with Crippen LogP contribution in [-0.2, 0) is 26.2 Å². The minimum absolute atomic E-state index is 0. The fraction of sp³-hybridized carbons (Fsp3) is 0.306. The Balaban J connectivity index is 0.000000460. The van der Waals surface area contributed by atoms with Crippen LogP contribution in [0.5, 0.6) is 0 Å². The average Bonchev–Trinajstić information content (AvgIpc) is 3.50. The standard InChI is InChI=1S/C25H25.C11H12.2ClH.Zr/c1-3-5-7-9-11-20-13-15-24-22(17-20)19-23-18-21(14-16-25(23)24)12-10-8-6-4-2;1-2-9-7-8-10-5-3-4-6-11(9)10;;;/h13-19H,3-8H2,1-2H3;3-9H,2H2,1H3;2*1H;/q-1;;;;+3/p-2. The molecule has 0 bridgehead atoms. The Hall–Kier alpha value is -2.15. The summed E-state index contributed by atoms with van der Waals surface area (Å²) in [6.45, 7) is 6.63. The monoisotopic (exact) mass is 629 g/mol. The van der Waals surface area contributed by atoms with Gasteiger partial charge in [0.1, 0.15) is 0 Å². The van der Waals surface area contributed by atoms with Crippen molar-refractivity contribution in [3.05, 3.63) is 95.1 Å². The van der Waals surface area contributed by atoms with Gasteiger partial charge in [0.2, 0.25) is 0 Å². The van der Waals surface area contributed by atoms with Crippen LogP contribution in [-0.4, -0.2) is 0 Å². The van der Waals surface area contributed by atoms with E-state index in [1.807, 2.05) is 0 Å². The van der Waals surface area contributed by atoms with Gasteiger partial charge in [0.05, 0.1) is 0 Å². The maximum Gasteiger partial charge on any atom is 3.00 e. The van der Waals surface area contributed by atoms with E-state index in [0.717, 1.165) is 24.0 Å². The summed E-state index contributed by atoms with van der Waals surface area (Å²) in [4.78, 5) is 0. The van der Waals surface area contributed by atoms with Gasteiger partial charge in [-0.1, -0.05) is 118 Å². The minimum atomic E-state index is 0. The molecule has 3 heteroatoms. The first-order valence-corrected chi connectivity index (χ1v) is 13.6. The van der Waals surface area contributed by atoms with Gasteiger partial charge in [0.25, 0.3) is 0 Å². The number of benzene rings is 3. The van der Waals surface area contributed by atoms with Gasteiger partial charge >= 0.3 is 26.2 Å². The van der Waals surface area contributed by atoms with E-state index in [1.165, 1.54) is 64.8 Å². The van der Waals surface area contributed by atoms with Crippen molar-refractivity contribution in [3.63, 3.8) is 0 Å². The maximum absolute atomic E-state index is 3.29. The average molecular weight is 632 g/mol. The summed E-state index contributed by atoms with van der Waals surface area (Å²) in [6.07, 6.45) is 12.5. The fourth-order valence-electron chi connectivity index (χ4n) is 4.72. The van der Waals surface area contributed by atoms with Gasteiger partial charge in [-0.05, 0) is 41.5 Å². The van der Waals surface area contributed by atoms with Gasteiger partial charge < -0.3 is 24.8 Å². The molecule has 1 atom stereocenters. The molecule has 4 aromatic rings. The fourth-order valence-corrected chi connectivity index (χ4v) is 4.72. The third-order valence-corrected chi connectivity index (χ3v) is 6.82. The van der Waals surface area contributed by atoms with Gasteiger partial charge in [-0.2, -0.15) is 0 Å². The van der Waals surface area contributed by atoms with Crippen molar-refractivity contribution in [2.24, 2.45) is 0 Å². The van der Waals surface area contributed by atoms with Crippen molar-refractivity contribution >= 4 is 27.6 Å². The molecule has 0 nitrogen and oxygen atoms in total. The second-order valence-corrected chi connectivity index (χ2v) is 9.56. The molecule has 0 N–H and O–H groups in total. The molecule has 1 aliphatic carbocycles. The number of rotatable bonds is 5. The minimum Gasteiger partial charge on any atom is -1.00 e. The van der Waals surface area contributed by atoms with E-state index in [2.05, 4.69) is 123 Å². The summed E-state index contributed by atoms with van der Waals surface area (Å²) in [5.41, 5.74) is 5.12. The summed E-state index contributed by atoms with van der Waals surface area (Å²) in [5, 5.41) is 5.15. The predicted molar refractivity (Wildman–Crippen MR) is 158 cm³/mol. The quantitative estimate of drug-likeness (QED) is 0.178. The number of hydrogen-bond acceptors (Lipinski definition) is 0. The van der Waals surface area contributed by atoms with Crippen LogP contribution >= 0.6 is 0 Å². The number of fused-ring (bicyclic) bond motifs is 4. The molecule has 0 saturated heterocycles. The van der Waals surface area contributed by atoms with E-state index >= 15 is 0 Å². The molecular weight excluding hydrogens is 595 g/mol. The topological polar surface area (TPSA) is 0 Å². The molecule has 0 saturated carbocycles. The molecule has 1 aliphatic rings. The third kappa shape index (κ3) is 9.47. The van der Waals surface area contributed by atoms with Gasteiger partial charge in [-0.15, -0.1) is 39.7 Å². The molecule has 199 valence electrons. The van der Waals surface area contributed by atoms with Crippen LogP contribution in [0.3, 0.4) is 0 Å². The van der Waals surface area contributed by atoms with E-state index in [1.54, 1.807) is 0 Å². The molecule has 39 heavy (non-hydrogen) atoms. The molecule has 1 radical (unpaired) electrons. The number of hydrogen-bond donors (Lipinski definition) is 0. The number of halogens is 2. The maximum atomic E-state index is 3.29. The Morgan fingerprint density at radius 2 is 1.26 bits per heavy atom. The molecular formula is C36H37Cl2Zr. The Kier molecular flexibility index (Phi) is 16.3. The van der Waals surface area contributed by atoms with E-state index < -0.39 is 0 Å². The van der Waals surface area contributed by atoms with Crippen LogP contribution in [0.25, 0.3) is 27.6 Å². The second-order valence-electron chi connectivity index (χ2n) is 9.56. The van der Waals surface area contributed by atoms with Crippen molar-refractivity contribution < 1.29 is 51.0 Å². The van der Waals surface area contributed by atoms with Crippen molar-refractivity contribution in [2.45, 2.75) is 71.6 Å². The van der Waals surface area contributed by atoms with Crippen molar-refractivity contribution in [3.8, 4) is 23.7 Å². The summed E-state index contributed by atoms with van der Waals surface area (Å²) in [5.74, 6) is 13.8. The van der Waals surface area contributed by atoms with Gasteiger partial charge in [-0.3, -0.25) is 0 Å². The van der Waals surface area contributed by atoms with Crippen LogP contribution in [0.4, 0.5) is 0 Å². The van der Waals surface area contributed by atoms with E-state index in [4.69, 9.17) is 0 Å². The molecule has 0 aromatic heterocycles. The summed E-state index contributed by atoms with van der Waals surface area (Å²) >= 11 is 0. The van der Waals surface area contributed by atoms with E-state index in [0.29, 0.717) is 5.92 Å². The molecule has 1 unspecified atom stereocenters. The number of allylic oxidation sites excluding steroid dienone is 1. The van der Waals surface area contributed by atoms with E-state index in [9.17, 15) is 0 Å². The summed E-state index contributed by atoms with van der Waals surface area (Å²) < 4.78 is 0. The Morgan fingerprint density at radius 3 is 1.77 bits per heavy atom. The SMILES string of the molecule is CCC1C=Cc2ccccc21.CCCCC#Cc1ccc2c(c1)[cH-]c1cc(C#CCCCC)ccc12.[Cl-].[Cl-].[Zr+3]. The van der Waals surface area contributed by atoms with Crippen LogP contribution < -0.4 is 24.8 Å². The third-order valence-electron chi connectivity index (χ3n) is 6.82. The van der Waals surface area contributed by atoms with Crippen LogP contribution in [0.2, 0.25) is 0 Å². The Bertz CT molecular complexity index is 1390. The van der Waals surface area contributed by atoms with Gasteiger partial charge in [-0.25, -0.2) is 0 Å². The van der Waals surface area contributed by atoms with Crippen molar-refractivity contribution in [2.75, 3.05) is 0 Å². The zero-order chi connectivity index (χ0) is 25.2. The summed E-state index contributed by atoms with van der Waals surface area (Å²) in [6, 6.07) is 24.0. The molecule has 0 amide bonds. The van der Waals surface area contributed by atoms with Crippen LogP contribution in [0, 0.1) is 23.7 Å². The molecule has 4 aromatic carbocycles. The molecule has 0 spiro atoms. The molecule has 0 heterocycles. The number of unbranched alkanes of at least 4 members (excludes halogenated alkanes) is 4. The smallest absolute Gasteiger partial charge is 1.00 e. The predicted octanol–water partition coefficient (Wildman–Crippen LogP) is 4.01. The van der Waals surface area contributed by atoms with Crippen molar-refractivity contribution in [1.82, 2.24) is 0 Å². The first-order valence-electron chi connectivity index (χ1n) is 13.6. The normalized spacial score (nSPS) is 12.3. The zero-order valence-electron chi connectivity index (χ0n) is 23.3. The first kappa shape index (κ1) is 34.9. The molecule has 0 aliphatic heterocycles. The molecule has 5 rings (SSSR count). The Morgan fingerprint density at radius 1 is 0.718 bits per heavy atom. The largest absolute Gasteiger partial charge is 3.00 e. The molecule has 0 fully saturated rings. The van der Waals surface area contributed by atoms with Crippen molar-refractivity contribution in [1.29, 1.82) is 0 Å². The van der Waals surface area contributed by atoms with Gasteiger partial charge in [0.15, 0.2) is 0 Å². The Labute approximate surface area is 267 Å². The second kappa shape index (κ2) is 18.2. The van der Waals surface area contributed by atoms with E-state index in [-0.39, 0.29) is 51.0 Å². The first-order chi connectivity index (χ1) is 17.7. The zero-order valence-corrected chi connectivity index (χ0v) is 27.3. The van der Waals surface area contributed by atoms with Crippen LogP contribution in [0.1, 0.15) is 93.9 Å².